The van der Waals surface area contributed by atoms with E-state index in [1.54, 1.807) is 6.92 Å². The Morgan fingerprint density at radius 2 is 2.30 bits per heavy atom. The minimum atomic E-state index is -3.82. The summed E-state index contributed by atoms with van der Waals surface area (Å²) in [5.74, 6) is -0.833. The number of carboxylic acid groups (broad SMARTS) is 1. The quantitative estimate of drug-likeness (QED) is 0.863. The summed E-state index contributed by atoms with van der Waals surface area (Å²) in [7, 11) is -3.82. The van der Waals surface area contributed by atoms with Crippen LogP contribution in [0.2, 0.25) is 0 Å². The van der Waals surface area contributed by atoms with Gasteiger partial charge in [-0.25, -0.2) is 8.42 Å². The minimum absolute atomic E-state index is 0.0544. The maximum absolute atomic E-state index is 12.6. The maximum atomic E-state index is 12.6. The van der Waals surface area contributed by atoms with Crippen LogP contribution in [0.4, 0.5) is 0 Å². The summed E-state index contributed by atoms with van der Waals surface area (Å²) in [4.78, 5) is 11.5. The summed E-state index contributed by atoms with van der Waals surface area (Å²) >= 11 is 0. The lowest BCUT2D eigenvalue weighted by atomic mass is 9.90. The topological polar surface area (TPSA) is 103 Å². The van der Waals surface area contributed by atoms with Gasteiger partial charge in [0.05, 0.1) is 11.9 Å². The molecule has 2 N–H and O–H groups in total. The van der Waals surface area contributed by atoms with E-state index in [-0.39, 0.29) is 17.4 Å². The van der Waals surface area contributed by atoms with Crippen molar-refractivity contribution in [2.45, 2.75) is 44.0 Å². The van der Waals surface area contributed by atoms with E-state index in [2.05, 4.69) is 10.2 Å². The van der Waals surface area contributed by atoms with E-state index in [1.165, 1.54) is 6.20 Å². The Morgan fingerprint density at radius 1 is 1.60 bits per heavy atom. The van der Waals surface area contributed by atoms with Crippen molar-refractivity contribution in [2.75, 3.05) is 6.54 Å². The van der Waals surface area contributed by atoms with Crippen LogP contribution in [-0.2, 0) is 14.8 Å². The molecule has 0 amide bonds. The summed E-state index contributed by atoms with van der Waals surface area (Å²) in [5, 5.41) is 15.6. The number of hydrogen-bond acceptors (Lipinski definition) is 4. The number of piperidine rings is 1. The van der Waals surface area contributed by atoms with Gasteiger partial charge in [0.15, 0.2) is 0 Å². The van der Waals surface area contributed by atoms with Gasteiger partial charge in [0.25, 0.3) is 0 Å². The van der Waals surface area contributed by atoms with Crippen LogP contribution < -0.4 is 0 Å². The summed E-state index contributed by atoms with van der Waals surface area (Å²) in [6, 6.07) is -0.993. The molecule has 0 saturated carbocycles. The highest BCUT2D eigenvalue weighted by Gasteiger charge is 2.41. The van der Waals surface area contributed by atoms with Crippen molar-refractivity contribution in [3.05, 3.63) is 11.9 Å². The first-order valence-electron chi connectivity index (χ1n) is 6.62. The Kier molecular flexibility index (Phi) is 4.14. The summed E-state index contributed by atoms with van der Waals surface area (Å²) < 4.78 is 26.3. The van der Waals surface area contributed by atoms with Gasteiger partial charge in [-0.15, -0.1) is 0 Å². The van der Waals surface area contributed by atoms with E-state index in [4.69, 9.17) is 0 Å². The first-order valence-corrected chi connectivity index (χ1v) is 8.06. The third kappa shape index (κ3) is 2.57. The molecule has 0 aliphatic carbocycles. The predicted molar refractivity (Wildman–Crippen MR) is 71.7 cm³/mol. The van der Waals surface area contributed by atoms with Crippen molar-refractivity contribution < 1.29 is 18.3 Å². The molecule has 1 fully saturated rings. The van der Waals surface area contributed by atoms with Crippen molar-refractivity contribution in [1.29, 1.82) is 0 Å². The molecule has 20 heavy (non-hydrogen) atoms. The number of aryl methyl sites for hydroxylation is 1. The number of aromatic nitrogens is 2. The second-order valence-electron chi connectivity index (χ2n) is 5.13. The van der Waals surface area contributed by atoms with Gasteiger partial charge in [-0.2, -0.15) is 9.40 Å². The molecule has 0 radical (unpaired) electrons. The van der Waals surface area contributed by atoms with Gasteiger partial charge in [0, 0.05) is 6.54 Å². The Bertz CT molecular complexity index is 596. The molecule has 0 spiro atoms. The number of aromatic amines is 1. The summed E-state index contributed by atoms with van der Waals surface area (Å²) in [5.41, 5.74) is 0.423. The molecule has 2 unspecified atom stereocenters. The lowest BCUT2D eigenvalue weighted by Crippen LogP contribution is -2.50. The Labute approximate surface area is 118 Å². The minimum Gasteiger partial charge on any atom is -0.480 e. The number of carbonyl (C=O) groups is 1. The van der Waals surface area contributed by atoms with E-state index in [0.29, 0.717) is 18.5 Å². The Balaban J connectivity index is 2.35. The number of nitrogens with zero attached hydrogens (tertiary/aromatic N) is 2. The van der Waals surface area contributed by atoms with Gasteiger partial charge >= 0.3 is 5.97 Å². The van der Waals surface area contributed by atoms with Crippen molar-refractivity contribution in [2.24, 2.45) is 5.92 Å². The fourth-order valence-corrected chi connectivity index (χ4v) is 4.35. The molecule has 2 atom stereocenters. The van der Waals surface area contributed by atoms with Crippen molar-refractivity contribution in [3.8, 4) is 0 Å². The van der Waals surface area contributed by atoms with Crippen LogP contribution in [0.25, 0.3) is 0 Å². The standard InChI is InChI=1S/C12H19N3O4S/c1-3-9-4-5-15(10(6-9)12(16)17)20(18,19)11-7-13-14-8(11)2/h7,9-10H,3-6H2,1-2H3,(H,13,14)(H,16,17). The van der Waals surface area contributed by atoms with Crippen LogP contribution in [0.15, 0.2) is 11.1 Å². The first-order chi connectivity index (χ1) is 9.37. The second kappa shape index (κ2) is 5.53. The largest absolute Gasteiger partial charge is 0.480 e. The van der Waals surface area contributed by atoms with Crippen LogP contribution >= 0.6 is 0 Å². The average molecular weight is 301 g/mol. The normalized spacial score (nSPS) is 24.7. The van der Waals surface area contributed by atoms with Gasteiger partial charge < -0.3 is 5.11 Å². The number of carboxylic acids is 1. The molecule has 112 valence electrons. The molecule has 2 heterocycles. The zero-order chi connectivity index (χ0) is 14.9. The number of hydrogen-bond donors (Lipinski definition) is 2. The predicted octanol–water partition coefficient (Wildman–Crippen LogP) is 0.982. The molecular formula is C12H19N3O4S. The fraction of sp³-hybridized carbons (Fsp3) is 0.667. The van der Waals surface area contributed by atoms with E-state index in [0.717, 1.165) is 10.7 Å². The summed E-state index contributed by atoms with van der Waals surface area (Å²) in [6.45, 7) is 3.84. The lowest BCUT2D eigenvalue weighted by Gasteiger charge is -2.35. The molecule has 7 nitrogen and oxygen atoms in total. The van der Waals surface area contributed by atoms with E-state index in [1.807, 2.05) is 6.92 Å². The smallest absolute Gasteiger partial charge is 0.322 e. The Morgan fingerprint density at radius 3 is 2.80 bits per heavy atom. The third-order valence-electron chi connectivity index (χ3n) is 3.89. The third-order valence-corrected chi connectivity index (χ3v) is 5.92. The average Bonchev–Trinajstić information content (AvgIpc) is 2.84. The summed E-state index contributed by atoms with van der Waals surface area (Å²) in [6.07, 6.45) is 3.15. The monoisotopic (exact) mass is 301 g/mol. The van der Waals surface area contributed by atoms with Gasteiger partial charge in [-0.1, -0.05) is 13.3 Å². The van der Waals surface area contributed by atoms with Crippen molar-refractivity contribution >= 4 is 16.0 Å². The first kappa shape index (κ1) is 15.0. The van der Waals surface area contributed by atoms with Crippen molar-refractivity contribution in [3.63, 3.8) is 0 Å². The van der Waals surface area contributed by atoms with E-state index >= 15 is 0 Å². The highest BCUT2D eigenvalue weighted by molar-refractivity contribution is 7.89. The number of rotatable bonds is 4. The van der Waals surface area contributed by atoms with Crippen LogP contribution in [0, 0.1) is 12.8 Å². The molecule has 2 rings (SSSR count). The number of H-pyrrole nitrogens is 1. The van der Waals surface area contributed by atoms with Crippen LogP contribution in [0.1, 0.15) is 31.9 Å². The van der Waals surface area contributed by atoms with E-state index in [9.17, 15) is 18.3 Å². The molecule has 0 bridgehead atoms. The van der Waals surface area contributed by atoms with E-state index < -0.39 is 22.0 Å². The number of aliphatic carboxylic acids is 1. The molecule has 1 saturated heterocycles. The zero-order valence-electron chi connectivity index (χ0n) is 11.5. The number of nitrogens with one attached hydrogen (secondary N) is 1. The van der Waals surface area contributed by atoms with Gasteiger partial charge in [-0.3, -0.25) is 9.89 Å². The second-order valence-corrected chi connectivity index (χ2v) is 6.99. The van der Waals surface area contributed by atoms with Crippen molar-refractivity contribution in [1.82, 2.24) is 14.5 Å². The molecule has 8 heteroatoms. The molecule has 1 aromatic heterocycles. The molecule has 1 aliphatic heterocycles. The molecule has 1 aromatic rings. The van der Waals surface area contributed by atoms with Gasteiger partial charge in [0.2, 0.25) is 10.0 Å². The Hall–Kier alpha value is -1.41. The molecule has 0 aromatic carbocycles. The fourth-order valence-electron chi connectivity index (χ4n) is 2.63. The van der Waals surface area contributed by atoms with Crippen LogP contribution in [-0.4, -0.2) is 46.6 Å². The highest BCUT2D eigenvalue weighted by Crippen LogP contribution is 2.30. The van der Waals surface area contributed by atoms with Crippen LogP contribution in [0.5, 0.6) is 0 Å². The molecular weight excluding hydrogens is 282 g/mol. The number of sulfonamides is 1. The lowest BCUT2D eigenvalue weighted by molar-refractivity contribution is -0.143. The highest BCUT2D eigenvalue weighted by atomic mass is 32.2. The molecule has 1 aliphatic rings. The zero-order valence-corrected chi connectivity index (χ0v) is 12.4. The van der Waals surface area contributed by atoms with Gasteiger partial charge in [-0.05, 0) is 25.7 Å². The van der Waals surface area contributed by atoms with Crippen LogP contribution in [0.3, 0.4) is 0 Å². The maximum Gasteiger partial charge on any atom is 0.322 e. The van der Waals surface area contributed by atoms with Gasteiger partial charge in [0.1, 0.15) is 10.9 Å². The SMILES string of the molecule is CCC1CCN(S(=O)(=O)c2cn[nH]c2C)C(C(=O)O)C1.